The molecule has 0 radical (unpaired) electrons. The second kappa shape index (κ2) is 8.00. The van der Waals surface area contributed by atoms with E-state index in [9.17, 15) is 4.79 Å². The molecule has 2 aromatic rings. The summed E-state index contributed by atoms with van der Waals surface area (Å²) in [5.74, 6) is 1.53. The number of allylic oxidation sites excluding steroid dienone is 1. The Morgan fingerprint density at radius 1 is 1.19 bits per heavy atom. The summed E-state index contributed by atoms with van der Waals surface area (Å²) in [6.45, 7) is 5.53. The van der Waals surface area contributed by atoms with Crippen molar-refractivity contribution in [2.45, 2.75) is 18.7 Å². The second-order valence-electron chi connectivity index (χ2n) is 6.92. The molecule has 1 aliphatic heterocycles. The third-order valence-corrected chi connectivity index (χ3v) is 6.02. The molecule has 0 amide bonds. The van der Waals surface area contributed by atoms with E-state index in [4.69, 9.17) is 4.74 Å². The lowest BCUT2D eigenvalue weighted by molar-refractivity contribution is 0.0600. The average Bonchev–Trinajstić information content (AvgIpc) is 2.79. The van der Waals surface area contributed by atoms with Crippen LogP contribution in [-0.4, -0.2) is 32.4 Å². The zero-order valence-corrected chi connectivity index (χ0v) is 16.6. The van der Waals surface area contributed by atoms with Gasteiger partial charge in [-0.2, -0.15) is 0 Å². The maximum Gasteiger partial charge on any atom is 0.337 e. The molecule has 0 bridgehead atoms. The molecule has 2 aromatic carbocycles. The first kappa shape index (κ1) is 18.6. The van der Waals surface area contributed by atoms with Crippen LogP contribution >= 0.6 is 11.8 Å². The van der Waals surface area contributed by atoms with Gasteiger partial charge in [0.1, 0.15) is 0 Å². The van der Waals surface area contributed by atoms with Crippen LogP contribution in [0.25, 0.3) is 11.6 Å². The molecule has 0 saturated carbocycles. The Balaban J connectivity index is 1.85. The van der Waals surface area contributed by atoms with Crippen molar-refractivity contribution >= 4 is 35.1 Å². The number of anilines is 1. The van der Waals surface area contributed by atoms with Gasteiger partial charge in [0.15, 0.2) is 0 Å². The molecule has 1 aliphatic rings. The van der Waals surface area contributed by atoms with Crippen molar-refractivity contribution in [2.75, 3.05) is 31.4 Å². The smallest absolute Gasteiger partial charge is 0.337 e. The molecule has 26 heavy (non-hydrogen) atoms. The maximum absolute atomic E-state index is 11.5. The number of thioether (sulfide) groups is 1. The summed E-state index contributed by atoms with van der Waals surface area (Å²) in [4.78, 5) is 15.2. The highest BCUT2D eigenvalue weighted by atomic mass is 32.2. The highest BCUT2D eigenvalue weighted by molar-refractivity contribution is 7.99. The zero-order chi connectivity index (χ0) is 18.7. The summed E-state index contributed by atoms with van der Waals surface area (Å²) in [7, 11) is 3.57. The van der Waals surface area contributed by atoms with Crippen LogP contribution in [0, 0.1) is 5.92 Å². The van der Waals surface area contributed by atoms with E-state index >= 15 is 0 Å². The van der Waals surface area contributed by atoms with Gasteiger partial charge < -0.3 is 9.64 Å². The fourth-order valence-electron chi connectivity index (χ4n) is 3.21. The topological polar surface area (TPSA) is 29.5 Å². The number of benzene rings is 2. The zero-order valence-electron chi connectivity index (χ0n) is 15.8. The minimum atomic E-state index is -0.307. The number of ether oxygens (including phenoxy) is 1. The Morgan fingerprint density at radius 2 is 1.88 bits per heavy atom. The molecule has 1 atom stereocenters. The van der Waals surface area contributed by atoms with Crippen molar-refractivity contribution in [1.82, 2.24) is 0 Å². The fraction of sp³-hybridized carbons (Fsp3) is 0.318. The minimum Gasteiger partial charge on any atom is -0.465 e. The molecule has 1 unspecified atom stereocenters. The molecule has 0 aromatic heterocycles. The molecule has 0 fully saturated rings. The molecule has 136 valence electrons. The normalized spacial score (nSPS) is 17.5. The molecule has 3 nitrogen and oxygen atoms in total. The van der Waals surface area contributed by atoms with Gasteiger partial charge >= 0.3 is 5.97 Å². The Morgan fingerprint density at radius 3 is 2.58 bits per heavy atom. The lowest BCUT2D eigenvalue weighted by Crippen LogP contribution is -2.23. The lowest BCUT2D eigenvalue weighted by atomic mass is 10.0. The van der Waals surface area contributed by atoms with Gasteiger partial charge in [0.2, 0.25) is 0 Å². The summed E-state index contributed by atoms with van der Waals surface area (Å²) >= 11 is 1.95. The van der Waals surface area contributed by atoms with Crippen LogP contribution in [-0.2, 0) is 4.74 Å². The largest absolute Gasteiger partial charge is 0.465 e. The molecule has 1 heterocycles. The average molecular weight is 368 g/mol. The SMILES string of the molecule is COC(=O)c1ccc(/C=C(\C)c2ccc3c(c2)SCC(C)CN3C)cc1. The Kier molecular flexibility index (Phi) is 5.72. The first-order chi connectivity index (χ1) is 12.5. The molecule has 3 rings (SSSR count). The van der Waals surface area contributed by atoms with E-state index in [0.29, 0.717) is 11.5 Å². The third-order valence-electron chi connectivity index (χ3n) is 4.65. The lowest BCUT2D eigenvalue weighted by Gasteiger charge is -2.21. The fourth-order valence-corrected chi connectivity index (χ4v) is 4.36. The van der Waals surface area contributed by atoms with Crippen LogP contribution in [0.4, 0.5) is 5.69 Å². The Labute approximate surface area is 160 Å². The summed E-state index contributed by atoms with van der Waals surface area (Å²) in [6.07, 6.45) is 2.15. The van der Waals surface area contributed by atoms with Crippen molar-refractivity contribution in [3.05, 3.63) is 59.2 Å². The van der Waals surface area contributed by atoms with E-state index in [1.807, 2.05) is 23.9 Å². The number of carbonyl (C=O) groups excluding carboxylic acids is 1. The predicted molar refractivity (Wildman–Crippen MR) is 111 cm³/mol. The van der Waals surface area contributed by atoms with Gasteiger partial charge in [-0.3, -0.25) is 0 Å². The molecule has 4 heteroatoms. The van der Waals surface area contributed by atoms with Crippen LogP contribution in [0.3, 0.4) is 0 Å². The highest BCUT2D eigenvalue weighted by Gasteiger charge is 2.17. The summed E-state index contributed by atoms with van der Waals surface area (Å²) in [5.41, 5.74) is 5.40. The van der Waals surface area contributed by atoms with Crippen molar-refractivity contribution in [2.24, 2.45) is 5.92 Å². The van der Waals surface area contributed by atoms with E-state index in [2.05, 4.69) is 50.1 Å². The van der Waals surface area contributed by atoms with Gasteiger partial charge in [0.05, 0.1) is 18.4 Å². The van der Waals surface area contributed by atoms with Crippen LogP contribution in [0.15, 0.2) is 47.4 Å². The number of hydrogen-bond acceptors (Lipinski definition) is 4. The van der Waals surface area contributed by atoms with E-state index in [1.165, 1.54) is 28.8 Å². The first-order valence-corrected chi connectivity index (χ1v) is 9.81. The van der Waals surface area contributed by atoms with Gasteiger partial charge in [0, 0.05) is 24.2 Å². The monoisotopic (exact) mass is 367 g/mol. The highest BCUT2D eigenvalue weighted by Crippen LogP contribution is 2.36. The Hall–Kier alpha value is -2.20. The summed E-state index contributed by atoms with van der Waals surface area (Å²) in [6, 6.07) is 14.2. The number of rotatable bonds is 3. The van der Waals surface area contributed by atoms with E-state index in [-0.39, 0.29) is 5.97 Å². The maximum atomic E-state index is 11.5. The molecule has 0 saturated heterocycles. The van der Waals surface area contributed by atoms with Crippen LogP contribution < -0.4 is 4.90 Å². The molecular formula is C22H25NO2S. The standard InChI is InChI=1S/C22H25NO2S/c1-15-13-23(3)20-10-9-19(12-21(20)26-14-15)16(2)11-17-5-7-18(8-6-17)22(24)25-4/h5-12,15H,13-14H2,1-4H3/b16-11+. The first-order valence-electron chi connectivity index (χ1n) is 8.83. The van der Waals surface area contributed by atoms with E-state index < -0.39 is 0 Å². The minimum absolute atomic E-state index is 0.307. The van der Waals surface area contributed by atoms with Gasteiger partial charge in [-0.1, -0.05) is 31.2 Å². The molecule has 0 N–H and O–H groups in total. The predicted octanol–water partition coefficient (Wildman–Crippen LogP) is 5.21. The number of nitrogens with zero attached hydrogens (tertiary/aromatic N) is 1. The van der Waals surface area contributed by atoms with Crippen LogP contribution in [0.1, 0.15) is 35.3 Å². The van der Waals surface area contributed by atoms with Crippen LogP contribution in [0.5, 0.6) is 0 Å². The number of carbonyl (C=O) groups is 1. The Bertz CT molecular complexity index is 827. The van der Waals surface area contributed by atoms with Crippen LogP contribution in [0.2, 0.25) is 0 Å². The van der Waals surface area contributed by atoms with Crippen molar-refractivity contribution in [3.63, 3.8) is 0 Å². The summed E-state index contributed by atoms with van der Waals surface area (Å²) < 4.78 is 4.75. The quantitative estimate of drug-likeness (QED) is 0.550. The van der Waals surface area contributed by atoms with Gasteiger partial charge in [-0.15, -0.1) is 11.8 Å². The van der Waals surface area contributed by atoms with Gasteiger partial charge in [0.25, 0.3) is 0 Å². The number of esters is 1. The molecule has 0 spiro atoms. The molecule has 0 aliphatic carbocycles. The molecular weight excluding hydrogens is 342 g/mol. The number of hydrogen-bond donors (Lipinski definition) is 0. The van der Waals surface area contributed by atoms with Crippen molar-refractivity contribution in [1.29, 1.82) is 0 Å². The second-order valence-corrected chi connectivity index (χ2v) is 7.98. The number of fused-ring (bicyclic) bond motifs is 1. The van der Waals surface area contributed by atoms with Gasteiger partial charge in [-0.05, 0) is 53.8 Å². The number of methoxy groups -OCH3 is 1. The van der Waals surface area contributed by atoms with E-state index in [0.717, 1.165) is 17.9 Å². The third kappa shape index (κ3) is 4.13. The summed E-state index contributed by atoms with van der Waals surface area (Å²) in [5, 5.41) is 0. The van der Waals surface area contributed by atoms with Gasteiger partial charge in [-0.25, -0.2) is 4.79 Å². The van der Waals surface area contributed by atoms with Crippen molar-refractivity contribution < 1.29 is 9.53 Å². The van der Waals surface area contributed by atoms with E-state index in [1.54, 1.807) is 12.1 Å². The van der Waals surface area contributed by atoms with Crippen molar-refractivity contribution in [3.8, 4) is 0 Å².